The first-order valence-corrected chi connectivity index (χ1v) is 6.09. The monoisotopic (exact) mass is 220 g/mol. The summed E-state index contributed by atoms with van der Waals surface area (Å²) >= 11 is 1.46. The topological polar surface area (TPSA) is 34.1 Å². The van der Waals surface area contributed by atoms with Crippen molar-refractivity contribution in [3.63, 3.8) is 0 Å². The minimum atomic E-state index is -0.484. The maximum atomic E-state index is 11.9. The molecule has 0 heterocycles. The lowest BCUT2D eigenvalue weighted by molar-refractivity contribution is 0.0932. The lowest BCUT2D eigenvalue weighted by atomic mass is 10.1. The number of carbonyl (C=O) groups excluding carboxylic acids is 2. The number of benzene rings is 1. The summed E-state index contributed by atoms with van der Waals surface area (Å²) in [5, 5.41) is -0.484. The van der Waals surface area contributed by atoms with Crippen molar-refractivity contribution < 1.29 is 9.59 Å². The summed E-state index contributed by atoms with van der Waals surface area (Å²) in [6.45, 7) is 2.05. The highest BCUT2D eigenvalue weighted by Crippen LogP contribution is 2.30. The third-order valence-electron chi connectivity index (χ3n) is 2.42. The zero-order valence-electron chi connectivity index (χ0n) is 8.53. The largest absolute Gasteiger partial charge is 0.292 e. The number of thioether (sulfide) groups is 1. The highest BCUT2D eigenvalue weighted by atomic mass is 32.2. The van der Waals surface area contributed by atoms with E-state index in [1.807, 2.05) is 6.92 Å². The quantitative estimate of drug-likeness (QED) is 0.734. The van der Waals surface area contributed by atoms with Gasteiger partial charge in [0.05, 0.1) is 0 Å². The predicted octanol–water partition coefficient (Wildman–Crippen LogP) is 2.58. The van der Waals surface area contributed by atoms with Crippen molar-refractivity contribution in [2.45, 2.75) is 18.6 Å². The molecule has 0 aromatic heterocycles. The van der Waals surface area contributed by atoms with E-state index in [0.717, 1.165) is 12.2 Å². The molecule has 0 atom stereocenters. The van der Waals surface area contributed by atoms with Crippen molar-refractivity contribution in [2.75, 3.05) is 5.75 Å². The molecule has 1 aromatic carbocycles. The van der Waals surface area contributed by atoms with Crippen molar-refractivity contribution >= 4 is 23.3 Å². The molecule has 1 aliphatic carbocycles. The van der Waals surface area contributed by atoms with Gasteiger partial charge in [-0.3, -0.25) is 9.59 Å². The molecule has 0 fully saturated rings. The summed E-state index contributed by atoms with van der Waals surface area (Å²) < 4.78 is 0. The molecule has 0 radical (unpaired) electrons. The number of hydrogen-bond acceptors (Lipinski definition) is 3. The molecule has 0 saturated carbocycles. The van der Waals surface area contributed by atoms with Crippen LogP contribution in [-0.4, -0.2) is 22.6 Å². The maximum Gasteiger partial charge on any atom is 0.184 e. The molecule has 0 N–H and O–H groups in total. The zero-order chi connectivity index (χ0) is 10.8. The van der Waals surface area contributed by atoms with Crippen LogP contribution < -0.4 is 0 Å². The Bertz CT molecular complexity index is 377. The molecule has 0 amide bonds. The molecule has 0 aliphatic heterocycles. The van der Waals surface area contributed by atoms with E-state index in [2.05, 4.69) is 0 Å². The van der Waals surface area contributed by atoms with Gasteiger partial charge in [-0.1, -0.05) is 31.2 Å². The molecule has 1 aliphatic rings. The van der Waals surface area contributed by atoms with Gasteiger partial charge in [0.25, 0.3) is 0 Å². The molecule has 2 rings (SSSR count). The van der Waals surface area contributed by atoms with E-state index in [9.17, 15) is 9.59 Å². The second-order valence-electron chi connectivity index (χ2n) is 3.52. The summed E-state index contributed by atoms with van der Waals surface area (Å²) in [4.78, 5) is 23.7. The number of fused-ring (bicyclic) bond motifs is 1. The Hall–Kier alpha value is -1.09. The lowest BCUT2D eigenvalue weighted by Crippen LogP contribution is -2.18. The van der Waals surface area contributed by atoms with Crippen molar-refractivity contribution in [1.82, 2.24) is 0 Å². The molecule has 0 spiro atoms. The molecular weight excluding hydrogens is 208 g/mol. The maximum absolute atomic E-state index is 11.9. The van der Waals surface area contributed by atoms with E-state index in [-0.39, 0.29) is 11.6 Å². The van der Waals surface area contributed by atoms with Crippen molar-refractivity contribution in [3.05, 3.63) is 35.4 Å². The molecule has 3 heteroatoms. The predicted molar refractivity (Wildman–Crippen MR) is 61.6 cm³/mol. The SMILES string of the molecule is CCCSC1C(=O)c2ccccc2C1=O. The first-order chi connectivity index (χ1) is 7.25. The van der Waals surface area contributed by atoms with Crippen LogP contribution in [-0.2, 0) is 0 Å². The Kier molecular flexibility index (Phi) is 2.91. The van der Waals surface area contributed by atoms with Crippen LogP contribution in [0.25, 0.3) is 0 Å². The molecule has 2 nitrogen and oxygen atoms in total. The number of Topliss-reactive ketones (excluding diaryl/α,β-unsaturated/α-hetero) is 2. The smallest absolute Gasteiger partial charge is 0.184 e. The standard InChI is InChI=1S/C12H12O2S/c1-2-7-15-12-10(13)8-5-3-4-6-9(8)11(12)14/h3-6,12H,2,7H2,1H3. The molecule has 0 bridgehead atoms. The Labute approximate surface area is 93.1 Å². The van der Waals surface area contributed by atoms with Gasteiger partial charge in [0.2, 0.25) is 0 Å². The van der Waals surface area contributed by atoms with Crippen LogP contribution in [0.1, 0.15) is 34.1 Å². The number of carbonyl (C=O) groups is 2. The molecule has 78 valence electrons. The summed E-state index contributed by atoms with van der Waals surface area (Å²) in [6, 6.07) is 7.08. The average Bonchev–Trinajstić information content (AvgIpc) is 2.51. The minimum absolute atomic E-state index is 0.0194. The van der Waals surface area contributed by atoms with Gasteiger partial charge in [-0.2, -0.15) is 0 Å². The number of ketones is 2. The van der Waals surface area contributed by atoms with Crippen molar-refractivity contribution in [3.8, 4) is 0 Å². The van der Waals surface area contributed by atoms with Gasteiger partial charge >= 0.3 is 0 Å². The van der Waals surface area contributed by atoms with Gasteiger partial charge in [0.1, 0.15) is 5.25 Å². The molecule has 1 aromatic rings. The van der Waals surface area contributed by atoms with Crippen LogP contribution in [0.3, 0.4) is 0 Å². The Balaban J connectivity index is 2.29. The first-order valence-electron chi connectivity index (χ1n) is 5.04. The fraction of sp³-hybridized carbons (Fsp3) is 0.333. The highest BCUT2D eigenvalue weighted by molar-refractivity contribution is 8.01. The van der Waals surface area contributed by atoms with Crippen LogP contribution in [0.2, 0.25) is 0 Å². The molecule has 15 heavy (non-hydrogen) atoms. The van der Waals surface area contributed by atoms with Gasteiger partial charge in [-0.05, 0) is 12.2 Å². The molecule has 0 saturated heterocycles. The normalized spacial score (nSPS) is 15.8. The van der Waals surface area contributed by atoms with Crippen LogP contribution in [0, 0.1) is 0 Å². The van der Waals surface area contributed by atoms with Crippen LogP contribution >= 0.6 is 11.8 Å². The third-order valence-corrected chi connectivity index (χ3v) is 3.83. The van der Waals surface area contributed by atoms with E-state index < -0.39 is 5.25 Å². The van der Waals surface area contributed by atoms with E-state index in [0.29, 0.717) is 11.1 Å². The van der Waals surface area contributed by atoms with E-state index in [1.54, 1.807) is 24.3 Å². The second-order valence-corrected chi connectivity index (χ2v) is 4.74. The second kappa shape index (κ2) is 4.19. The molecule has 0 unspecified atom stereocenters. The van der Waals surface area contributed by atoms with Gasteiger partial charge in [0, 0.05) is 11.1 Å². The van der Waals surface area contributed by atoms with Gasteiger partial charge in [-0.25, -0.2) is 0 Å². The molecular formula is C12H12O2S. The Morgan fingerprint density at radius 3 is 2.13 bits per heavy atom. The average molecular weight is 220 g/mol. The van der Waals surface area contributed by atoms with E-state index in [4.69, 9.17) is 0 Å². The minimum Gasteiger partial charge on any atom is -0.292 e. The van der Waals surface area contributed by atoms with E-state index >= 15 is 0 Å². The van der Waals surface area contributed by atoms with Crippen LogP contribution in [0.4, 0.5) is 0 Å². The summed E-state index contributed by atoms with van der Waals surface area (Å²) in [7, 11) is 0. The van der Waals surface area contributed by atoms with Crippen molar-refractivity contribution in [1.29, 1.82) is 0 Å². The van der Waals surface area contributed by atoms with Crippen LogP contribution in [0.15, 0.2) is 24.3 Å². The summed E-state index contributed by atoms with van der Waals surface area (Å²) in [5.74, 6) is 0.818. The summed E-state index contributed by atoms with van der Waals surface area (Å²) in [5.41, 5.74) is 1.19. The Morgan fingerprint density at radius 1 is 1.13 bits per heavy atom. The highest BCUT2D eigenvalue weighted by Gasteiger charge is 2.37. The van der Waals surface area contributed by atoms with Gasteiger partial charge in [-0.15, -0.1) is 11.8 Å². The van der Waals surface area contributed by atoms with Crippen LogP contribution in [0.5, 0.6) is 0 Å². The fourth-order valence-electron chi connectivity index (χ4n) is 1.70. The van der Waals surface area contributed by atoms with E-state index in [1.165, 1.54) is 11.8 Å². The fourth-order valence-corrected chi connectivity index (χ4v) is 2.73. The third kappa shape index (κ3) is 1.72. The lowest BCUT2D eigenvalue weighted by Gasteiger charge is -2.04. The Morgan fingerprint density at radius 2 is 1.67 bits per heavy atom. The number of rotatable bonds is 3. The van der Waals surface area contributed by atoms with Gasteiger partial charge in [0.15, 0.2) is 11.6 Å². The number of hydrogen-bond donors (Lipinski definition) is 0. The van der Waals surface area contributed by atoms with Crippen molar-refractivity contribution in [2.24, 2.45) is 0 Å². The van der Waals surface area contributed by atoms with Gasteiger partial charge < -0.3 is 0 Å². The zero-order valence-corrected chi connectivity index (χ0v) is 9.34. The first kappa shape index (κ1) is 10.4. The summed E-state index contributed by atoms with van der Waals surface area (Å²) in [6.07, 6.45) is 0.984.